The zero-order chi connectivity index (χ0) is 9.15. The van der Waals surface area contributed by atoms with Crippen LogP contribution in [-0.2, 0) is 5.79 Å². The molecule has 0 radical (unpaired) electrons. The normalized spacial score (nSPS) is 25.6. The minimum atomic E-state index is -1.02. The minimum Gasteiger partial charge on any atom is -0.349 e. The number of nitrogens with two attached hydrogens (primary N) is 1. The monoisotopic (exact) mass is 175 g/mol. The van der Waals surface area contributed by atoms with Crippen LogP contribution < -0.4 is 11.1 Å². The van der Waals surface area contributed by atoms with Crippen LogP contribution in [-0.4, -0.2) is 16.2 Å². The number of rotatable bonds is 1. The molecule has 1 aliphatic heterocycles. The smallest absolute Gasteiger partial charge is 0.244 e. The van der Waals surface area contributed by atoms with Gasteiger partial charge in [-0.3, -0.25) is 5.73 Å². The van der Waals surface area contributed by atoms with E-state index in [1.807, 2.05) is 0 Å². The van der Waals surface area contributed by atoms with Crippen LogP contribution >= 0.6 is 0 Å². The number of nitrogens with one attached hydrogen (secondary N) is 1. The molecule has 1 unspecified atom stereocenters. The summed E-state index contributed by atoms with van der Waals surface area (Å²) in [7, 11) is 0. The molecule has 5 nitrogen and oxygen atoms in total. The quantitative estimate of drug-likeness (QED) is 0.616. The molecule has 0 aliphatic carbocycles. The van der Waals surface area contributed by atoms with E-state index in [9.17, 15) is 0 Å². The Balaban J connectivity index is 2.35. The summed E-state index contributed by atoms with van der Waals surface area (Å²) in [5.74, 6) is -0.564. The van der Waals surface area contributed by atoms with Crippen molar-refractivity contribution in [1.82, 2.24) is 15.3 Å². The van der Waals surface area contributed by atoms with Gasteiger partial charge in [-0.2, -0.15) is 0 Å². The molecule has 1 atom stereocenters. The Morgan fingerprint density at radius 3 is 2.69 bits per heavy atom. The third-order valence-electron chi connectivity index (χ3n) is 1.67. The molecule has 66 valence electrons. The van der Waals surface area contributed by atoms with Gasteiger partial charge >= 0.3 is 0 Å². The molecule has 0 spiro atoms. The number of nitrogens with zero attached hydrogens (tertiary/aromatic N) is 3. The zero-order valence-electron chi connectivity index (χ0n) is 6.88. The maximum Gasteiger partial charge on any atom is 0.244 e. The van der Waals surface area contributed by atoms with Crippen LogP contribution in [0.1, 0.15) is 5.82 Å². The molecular formula is C8H9N5. The Bertz CT molecular complexity index is 345. The van der Waals surface area contributed by atoms with Crippen molar-refractivity contribution in [3.63, 3.8) is 0 Å². The molecule has 0 aromatic carbocycles. The lowest BCUT2D eigenvalue weighted by Crippen LogP contribution is -2.48. The molecular weight excluding hydrogens is 166 g/mol. The Kier molecular flexibility index (Phi) is 1.79. The van der Waals surface area contributed by atoms with E-state index in [4.69, 9.17) is 5.73 Å². The molecule has 0 bridgehead atoms. The molecule has 2 heterocycles. The second-order valence-corrected chi connectivity index (χ2v) is 2.62. The summed E-state index contributed by atoms with van der Waals surface area (Å²) >= 11 is 0. The van der Waals surface area contributed by atoms with Crippen molar-refractivity contribution in [3.8, 4) is 0 Å². The van der Waals surface area contributed by atoms with E-state index in [1.54, 1.807) is 37.0 Å². The minimum absolute atomic E-state index is 0.454. The first-order chi connectivity index (χ1) is 6.31. The van der Waals surface area contributed by atoms with Crippen molar-refractivity contribution in [2.75, 3.05) is 0 Å². The standard InChI is InChI=1S/C8H9N5/c9-8(12-5-2-6-13-8)7-10-3-1-4-11-7/h1-6,12H,9H2. The lowest BCUT2D eigenvalue weighted by molar-refractivity contribution is 0.386. The molecule has 13 heavy (non-hydrogen) atoms. The Hall–Kier alpha value is -1.75. The van der Waals surface area contributed by atoms with Gasteiger partial charge in [-0.05, 0) is 12.1 Å². The number of aromatic nitrogens is 2. The fraction of sp³-hybridized carbons (Fsp3) is 0.125. The summed E-state index contributed by atoms with van der Waals surface area (Å²) in [6, 6.07) is 1.73. The van der Waals surface area contributed by atoms with Crippen molar-refractivity contribution in [3.05, 3.63) is 36.6 Å². The maximum atomic E-state index is 5.90. The number of aliphatic imine (C=N–C) groups is 1. The van der Waals surface area contributed by atoms with Crippen molar-refractivity contribution >= 4 is 6.21 Å². The van der Waals surface area contributed by atoms with Gasteiger partial charge in [0.25, 0.3) is 0 Å². The molecule has 0 fully saturated rings. The van der Waals surface area contributed by atoms with E-state index in [1.165, 1.54) is 0 Å². The number of hydrogen-bond donors (Lipinski definition) is 2. The predicted octanol–water partition coefficient (Wildman–Crippen LogP) is -0.267. The van der Waals surface area contributed by atoms with E-state index in [0.29, 0.717) is 5.82 Å². The van der Waals surface area contributed by atoms with Crippen LogP contribution in [0.4, 0.5) is 0 Å². The molecule has 5 heteroatoms. The van der Waals surface area contributed by atoms with Crippen LogP contribution in [0.25, 0.3) is 0 Å². The van der Waals surface area contributed by atoms with Crippen LogP contribution in [0.15, 0.2) is 35.7 Å². The van der Waals surface area contributed by atoms with Gasteiger partial charge in [-0.25, -0.2) is 15.0 Å². The highest BCUT2D eigenvalue weighted by atomic mass is 15.3. The third kappa shape index (κ3) is 1.41. The molecule has 3 N–H and O–H groups in total. The van der Waals surface area contributed by atoms with Crippen LogP contribution in [0.2, 0.25) is 0 Å². The molecule has 2 rings (SSSR count). The first-order valence-corrected chi connectivity index (χ1v) is 3.86. The van der Waals surface area contributed by atoms with E-state index >= 15 is 0 Å². The van der Waals surface area contributed by atoms with E-state index in [-0.39, 0.29) is 0 Å². The van der Waals surface area contributed by atoms with Gasteiger partial charge in [0.05, 0.1) is 0 Å². The molecule has 1 aromatic heterocycles. The van der Waals surface area contributed by atoms with Gasteiger partial charge in [0.2, 0.25) is 5.79 Å². The van der Waals surface area contributed by atoms with Gasteiger partial charge < -0.3 is 5.32 Å². The summed E-state index contributed by atoms with van der Waals surface area (Å²) in [4.78, 5) is 12.1. The third-order valence-corrected chi connectivity index (χ3v) is 1.67. The van der Waals surface area contributed by atoms with E-state index in [0.717, 1.165) is 0 Å². The van der Waals surface area contributed by atoms with Crippen LogP contribution in [0.3, 0.4) is 0 Å². The van der Waals surface area contributed by atoms with Gasteiger partial charge in [-0.15, -0.1) is 0 Å². The van der Waals surface area contributed by atoms with Crippen LogP contribution in [0.5, 0.6) is 0 Å². The number of hydrogen-bond acceptors (Lipinski definition) is 5. The Morgan fingerprint density at radius 1 is 1.31 bits per heavy atom. The fourth-order valence-electron chi connectivity index (χ4n) is 1.03. The van der Waals surface area contributed by atoms with Crippen LogP contribution in [0, 0.1) is 0 Å². The summed E-state index contributed by atoms with van der Waals surface area (Å²) in [6.45, 7) is 0. The van der Waals surface area contributed by atoms with Gasteiger partial charge in [-0.1, -0.05) is 0 Å². The second-order valence-electron chi connectivity index (χ2n) is 2.62. The number of allylic oxidation sites excluding steroid dienone is 1. The summed E-state index contributed by atoms with van der Waals surface area (Å²) in [5.41, 5.74) is 5.90. The van der Waals surface area contributed by atoms with Gasteiger partial charge in [0.15, 0.2) is 5.82 Å². The van der Waals surface area contributed by atoms with Crippen molar-refractivity contribution < 1.29 is 0 Å². The van der Waals surface area contributed by atoms with E-state index in [2.05, 4.69) is 20.3 Å². The van der Waals surface area contributed by atoms with Crippen molar-refractivity contribution in [2.24, 2.45) is 10.7 Å². The predicted molar refractivity (Wildman–Crippen MR) is 48.7 cm³/mol. The van der Waals surface area contributed by atoms with E-state index < -0.39 is 5.79 Å². The fourth-order valence-corrected chi connectivity index (χ4v) is 1.03. The average molecular weight is 175 g/mol. The summed E-state index contributed by atoms with van der Waals surface area (Å²) in [6.07, 6.45) is 8.35. The lowest BCUT2D eigenvalue weighted by Gasteiger charge is -2.24. The SMILES string of the molecule is NC1(c2ncccn2)N=CC=CN1. The average Bonchev–Trinajstić information content (AvgIpc) is 2.20. The largest absolute Gasteiger partial charge is 0.349 e. The Morgan fingerprint density at radius 2 is 2.08 bits per heavy atom. The lowest BCUT2D eigenvalue weighted by atomic mass is 10.3. The summed E-state index contributed by atoms with van der Waals surface area (Å²) in [5, 5.41) is 2.89. The topological polar surface area (TPSA) is 76.2 Å². The van der Waals surface area contributed by atoms with Gasteiger partial charge in [0.1, 0.15) is 0 Å². The highest BCUT2D eigenvalue weighted by molar-refractivity contribution is 5.72. The highest BCUT2D eigenvalue weighted by Crippen LogP contribution is 2.12. The second kappa shape index (κ2) is 2.95. The van der Waals surface area contributed by atoms with Crippen molar-refractivity contribution in [1.29, 1.82) is 0 Å². The first kappa shape index (κ1) is 7.88. The molecule has 0 saturated heterocycles. The molecule has 0 saturated carbocycles. The molecule has 0 amide bonds. The highest BCUT2D eigenvalue weighted by Gasteiger charge is 2.28. The van der Waals surface area contributed by atoms with Crippen molar-refractivity contribution in [2.45, 2.75) is 5.79 Å². The molecule has 1 aliphatic rings. The maximum absolute atomic E-state index is 5.90. The summed E-state index contributed by atoms with van der Waals surface area (Å²) < 4.78 is 0. The molecule has 1 aromatic rings. The first-order valence-electron chi connectivity index (χ1n) is 3.86. The Labute approximate surface area is 75.4 Å². The zero-order valence-corrected chi connectivity index (χ0v) is 6.88. The van der Waals surface area contributed by atoms with Gasteiger partial charge in [0, 0.05) is 24.8 Å².